The van der Waals surface area contributed by atoms with Crippen LogP contribution in [0.1, 0.15) is 37.2 Å². The largest absolute Gasteiger partial charge is 0.353 e. The van der Waals surface area contributed by atoms with Crippen molar-refractivity contribution in [2.45, 2.75) is 32.7 Å². The van der Waals surface area contributed by atoms with E-state index < -0.39 is 0 Å². The molecule has 1 saturated heterocycles. The molecule has 0 amide bonds. The second-order valence-electron chi connectivity index (χ2n) is 7.03. The number of piperazine rings is 1. The highest BCUT2D eigenvalue weighted by molar-refractivity contribution is 7.09. The van der Waals surface area contributed by atoms with Crippen LogP contribution in [0.2, 0.25) is 0 Å². The van der Waals surface area contributed by atoms with Crippen molar-refractivity contribution in [1.29, 1.82) is 5.26 Å². The highest BCUT2D eigenvalue weighted by atomic mass is 32.1. The van der Waals surface area contributed by atoms with E-state index in [1.54, 1.807) is 17.5 Å². The smallest absolute Gasteiger partial charge is 0.158 e. The van der Waals surface area contributed by atoms with E-state index >= 15 is 0 Å². The molecule has 2 aromatic rings. The summed E-state index contributed by atoms with van der Waals surface area (Å²) in [6, 6.07) is 2.00. The lowest BCUT2D eigenvalue weighted by Crippen LogP contribution is -2.46. The Bertz CT molecular complexity index is 717. The Labute approximate surface area is 146 Å². The van der Waals surface area contributed by atoms with E-state index in [4.69, 9.17) is 10.2 Å². The number of hydrogen-bond donors (Lipinski definition) is 0. The summed E-state index contributed by atoms with van der Waals surface area (Å²) in [4.78, 5) is 17.8. The minimum atomic E-state index is 0.121. The van der Waals surface area contributed by atoms with Gasteiger partial charge >= 0.3 is 0 Å². The fourth-order valence-electron chi connectivity index (χ4n) is 2.63. The Balaban J connectivity index is 1.55. The van der Waals surface area contributed by atoms with Crippen LogP contribution in [-0.4, -0.2) is 46.0 Å². The van der Waals surface area contributed by atoms with Crippen molar-refractivity contribution in [3.63, 3.8) is 0 Å². The number of aromatic nitrogens is 3. The number of hydrogen-bond acceptors (Lipinski definition) is 7. The maximum absolute atomic E-state index is 8.79. The predicted molar refractivity (Wildman–Crippen MR) is 95.1 cm³/mol. The molecule has 0 atom stereocenters. The first kappa shape index (κ1) is 16.8. The Morgan fingerprint density at radius 2 is 1.92 bits per heavy atom. The third kappa shape index (κ3) is 3.89. The molecule has 24 heavy (non-hydrogen) atoms. The minimum Gasteiger partial charge on any atom is -0.353 e. The maximum Gasteiger partial charge on any atom is 0.158 e. The standard InChI is InChI=1S/C17H22N6S/c1-17(2,3)16-21-14(12-24-16)11-22-4-6-23(7-5-22)15-10-19-13(8-18)9-20-15/h9-10,12H,4-7,11H2,1-3H3. The number of rotatable bonds is 3. The molecule has 0 aliphatic carbocycles. The van der Waals surface area contributed by atoms with E-state index in [9.17, 15) is 0 Å². The lowest BCUT2D eigenvalue weighted by atomic mass is 9.98. The fourth-order valence-corrected chi connectivity index (χ4v) is 3.53. The second kappa shape index (κ2) is 6.83. The third-order valence-electron chi connectivity index (χ3n) is 4.03. The first-order valence-corrected chi connectivity index (χ1v) is 8.98. The number of thiazole rings is 1. The van der Waals surface area contributed by atoms with Gasteiger partial charge in [0.15, 0.2) is 5.69 Å². The van der Waals surface area contributed by atoms with Gasteiger partial charge in [0, 0.05) is 43.5 Å². The van der Waals surface area contributed by atoms with Gasteiger partial charge in [0.2, 0.25) is 0 Å². The van der Waals surface area contributed by atoms with Crippen LogP contribution < -0.4 is 4.90 Å². The molecular weight excluding hydrogens is 320 g/mol. The average molecular weight is 342 g/mol. The highest BCUT2D eigenvalue weighted by Crippen LogP contribution is 2.26. The highest BCUT2D eigenvalue weighted by Gasteiger charge is 2.21. The molecule has 0 aromatic carbocycles. The molecule has 7 heteroatoms. The van der Waals surface area contributed by atoms with Gasteiger partial charge < -0.3 is 4.90 Å². The van der Waals surface area contributed by atoms with Gasteiger partial charge in [-0.1, -0.05) is 20.8 Å². The summed E-state index contributed by atoms with van der Waals surface area (Å²) in [5, 5.41) is 12.2. The van der Waals surface area contributed by atoms with Gasteiger partial charge in [0.1, 0.15) is 11.9 Å². The fraction of sp³-hybridized carbons (Fsp3) is 0.529. The first-order chi connectivity index (χ1) is 11.5. The van der Waals surface area contributed by atoms with Crippen molar-refractivity contribution in [3.05, 3.63) is 34.2 Å². The average Bonchev–Trinajstić information content (AvgIpc) is 3.05. The molecular formula is C17H22N6S. The van der Waals surface area contributed by atoms with Crippen LogP contribution in [0.25, 0.3) is 0 Å². The summed E-state index contributed by atoms with van der Waals surface area (Å²) >= 11 is 1.75. The quantitative estimate of drug-likeness (QED) is 0.853. The number of nitriles is 1. The van der Waals surface area contributed by atoms with E-state index in [-0.39, 0.29) is 5.41 Å². The molecule has 0 radical (unpaired) electrons. The van der Waals surface area contributed by atoms with E-state index in [1.807, 2.05) is 6.07 Å². The zero-order valence-electron chi connectivity index (χ0n) is 14.4. The van der Waals surface area contributed by atoms with Crippen LogP contribution in [0.4, 0.5) is 5.82 Å². The van der Waals surface area contributed by atoms with Crippen molar-refractivity contribution in [1.82, 2.24) is 19.9 Å². The molecule has 6 nitrogen and oxygen atoms in total. The van der Waals surface area contributed by atoms with Gasteiger partial charge in [-0.25, -0.2) is 15.0 Å². The SMILES string of the molecule is CC(C)(C)c1nc(CN2CCN(c3cnc(C#N)cn3)CC2)cs1. The molecule has 1 aliphatic rings. The van der Waals surface area contributed by atoms with Gasteiger partial charge in [-0.15, -0.1) is 11.3 Å². The lowest BCUT2D eigenvalue weighted by Gasteiger charge is -2.34. The molecule has 1 aliphatic heterocycles. The minimum absolute atomic E-state index is 0.121. The van der Waals surface area contributed by atoms with Gasteiger partial charge in [-0.05, 0) is 0 Å². The molecule has 2 aromatic heterocycles. The van der Waals surface area contributed by atoms with Crippen molar-refractivity contribution < 1.29 is 0 Å². The molecule has 126 valence electrons. The monoisotopic (exact) mass is 342 g/mol. The van der Waals surface area contributed by atoms with Gasteiger partial charge in [-0.3, -0.25) is 4.90 Å². The van der Waals surface area contributed by atoms with E-state index in [2.05, 4.69) is 45.9 Å². The summed E-state index contributed by atoms with van der Waals surface area (Å²) in [6.45, 7) is 11.3. The molecule has 0 unspecified atom stereocenters. The summed E-state index contributed by atoms with van der Waals surface area (Å²) in [5.41, 5.74) is 1.64. The Morgan fingerprint density at radius 1 is 1.17 bits per heavy atom. The summed E-state index contributed by atoms with van der Waals surface area (Å²) in [6.07, 6.45) is 3.22. The number of nitrogens with zero attached hydrogens (tertiary/aromatic N) is 6. The molecule has 1 fully saturated rings. The molecule has 3 heterocycles. The van der Waals surface area contributed by atoms with Crippen LogP contribution in [0, 0.1) is 11.3 Å². The zero-order valence-corrected chi connectivity index (χ0v) is 15.2. The summed E-state index contributed by atoms with van der Waals surface area (Å²) in [5.74, 6) is 0.845. The third-order valence-corrected chi connectivity index (χ3v) is 5.34. The van der Waals surface area contributed by atoms with Gasteiger partial charge in [0.25, 0.3) is 0 Å². The van der Waals surface area contributed by atoms with Crippen molar-refractivity contribution >= 4 is 17.2 Å². The van der Waals surface area contributed by atoms with Crippen molar-refractivity contribution in [3.8, 4) is 6.07 Å². The molecule has 3 rings (SSSR count). The number of anilines is 1. The predicted octanol–water partition coefficient (Wildman–Crippen LogP) is 2.42. The Morgan fingerprint density at radius 3 is 2.46 bits per heavy atom. The van der Waals surface area contributed by atoms with E-state index in [0.29, 0.717) is 5.69 Å². The van der Waals surface area contributed by atoms with Crippen LogP contribution in [0.15, 0.2) is 17.8 Å². The summed E-state index contributed by atoms with van der Waals surface area (Å²) < 4.78 is 0. The Hall–Kier alpha value is -2.04. The topological polar surface area (TPSA) is 68.9 Å². The van der Waals surface area contributed by atoms with Crippen molar-refractivity contribution in [2.24, 2.45) is 0 Å². The molecule has 0 N–H and O–H groups in total. The normalized spacial score (nSPS) is 16.2. The van der Waals surface area contributed by atoms with Crippen LogP contribution in [0.3, 0.4) is 0 Å². The lowest BCUT2D eigenvalue weighted by molar-refractivity contribution is 0.246. The second-order valence-corrected chi connectivity index (χ2v) is 7.89. The molecule has 0 saturated carbocycles. The van der Waals surface area contributed by atoms with Crippen molar-refractivity contribution in [2.75, 3.05) is 31.1 Å². The summed E-state index contributed by atoms with van der Waals surface area (Å²) in [7, 11) is 0. The molecule has 0 bridgehead atoms. The van der Waals surface area contributed by atoms with Gasteiger partial charge in [-0.2, -0.15) is 5.26 Å². The van der Waals surface area contributed by atoms with Crippen LogP contribution >= 0.6 is 11.3 Å². The molecule has 0 spiro atoms. The van der Waals surface area contributed by atoms with E-state index in [1.165, 1.54) is 11.2 Å². The van der Waals surface area contributed by atoms with E-state index in [0.717, 1.165) is 44.2 Å². The first-order valence-electron chi connectivity index (χ1n) is 8.10. The zero-order chi connectivity index (χ0) is 17.2. The Kier molecular flexibility index (Phi) is 4.78. The maximum atomic E-state index is 8.79. The van der Waals surface area contributed by atoms with Crippen LogP contribution in [-0.2, 0) is 12.0 Å². The van der Waals surface area contributed by atoms with Gasteiger partial charge in [0.05, 0.1) is 23.1 Å². The van der Waals surface area contributed by atoms with Crippen LogP contribution in [0.5, 0.6) is 0 Å².